The largest absolute Gasteiger partial charge is 0.378 e. The van der Waals surface area contributed by atoms with Gasteiger partial charge in [0, 0.05) is 20.7 Å². The standard InChI is InChI=1S/C12H16BrN5O/c1-4-15-12-10(13)8(6-19-3)16-11(17-12)9-5-14-7-18(9)2/h5,7H,4,6H2,1-3H3,(H,15,16,17). The summed E-state index contributed by atoms with van der Waals surface area (Å²) in [5.74, 6) is 1.40. The van der Waals surface area contributed by atoms with Crippen LogP contribution in [0.5, 0.6) is 0 Å². The summed E-state index contributed by atoms with van der Waals surface area (Å²) in [5, 5.41) is 3.21. The van der Waals surface area contributed by atoms with Crippen LogP contribution in [0, 0.1) is 0 Å². The molecule has 0 aliphatic rings. The van der Waals surface area contributed by atoms with Crippen molar-refractivity contribution in [2.45, 2.75) is 13.5 Å². The van der Waals surface area contributed by atoms with Gasteiger partial charge in [-0.05, 0) is 22.9 Å². The summed E-state index contributed by atoms with van der Waals surface area (Å²) in [4.78, 5) is 13.1. The van der Waals surface area contributed by atoms with Crippen LogP contribution in [-0.4, -0.2) is 33.2 Å². The Labute approximate surface area is 120 Å². The van der Waals surface area contributed by atoms with Gasteiger partial charge < -0.3 is 14.6 Å². The number of hydrogen-bond donors (Lipinski definition) is 1. The summed E-state index contributed by atoms with van der Waals surface area (Å²) in [6, 6.07) is 0. The van der Waals surface area contributed by atoms with Crippen molar-refractivity contribution in [1.29, 1.82) is 0 Å². The first-order valence-electron chi connectivity index (χ1n) is 5.93. The van der Waals surface area contributed by atoms with Crippen molar-refractivity contribution >= 4 is 21.7 Å². The third-order valence-corrected chi connectivity index (χ3v) is 3.42. The Morgan fingerprint density at radius 1 is 1.42 bits per heavy atom. The van der Waals surface area contributed by atoms with E-state index in [1.165, 1.54) is 0 Å². The number of anilines is 1. The number of rotatable bonds is 5. The van der Waals surface area contributed by atoms with Crippen LogP contribution >= 0.6 is 15.9 Å². The average molecular weight is 326 g/mol. The van der Waals surface area contributed by atoms with Crippen LogP contribution in [0.3, 0.4) is 0 Å². The maximum atomic E-state index is 5.17. The number of hydrogen-bond acceptors (Lipinski definition) is 5. The lowest BCUT2D eigenvalue weighted by Gasteiger charge is -2.11. The fourth-order valence-electron chi connectivity index (χ4n) is 1.70. The van der Waals surface area contributed by atoms with Gasteiger partial charge in [-0.15, -0.1) is 0 Å². The van der Waals surface area contributed by atoms with Crippen LogP contribution < -0.4 is 5.32 Å². The van der Waals surface area contributed by atoms with Crippen molar-refractivity contribution in [3.8, 4) is 11.5 Å². The lowest BCUT2D eigenvalue weighted by atomic mass is 10.3. The molecule has 0 amide bonds. The SMILES string of the molecule is CCNc1nc(-c2cncn2C)nc(COC)c1Br. The molecule has 2 heterocycles. The molecule has 0 spiro atoms. The summed E-state index contributed by atoms with van der Waals surface area (Å²) < 4.78 is 7.89. The monoisotopic (exact) mass is 325 g/mol. The third kappa shape index (κ3) is 2.93. The van der Waals surface area contributed by atoms with Gasteiger partial charge in [-0.2, -0.15) is 0 Å². The van der Waals surface area contributed by atoms with E-state index >= 15 is 0 Å². The molecule has 6 nitrogen and oxygen atoms in total. The molecule has 0 saturated carbocycles. The number of nitrogens with one attached hydrogen (secondary N) is 1. The van der Waals surface area contributed by atoms with Gasteiger partial charge >= 0.3 is 0 Å². The van der Waals surface area contributed by atoms with Gasteiger partial charge in [0.2, 0.25) is 0 Å². The van der Waals surface area contributed by atoms with Gasteiger partial charge in [0.25, 0.3) is 0 Å². The van der Waals surface area contributed by atoms with Crippen molar-refractivity contribution < 1.29 is 4.74 Å². The molecule has 0 saturated heterocycles. The fraction of sp³-hybridized carbons (Fsp3) is 0.417. The molecule has 2 aromatic heterocycles. The lowest BCUT2D eigenvalue weighted by molar-refractivity contribution is 0.181. The third-order valence-electron chi connectivity index (χ3n) is 2.59. The summed E-state index contributed by atoms with van der Waals surface area (Å²) in [6.45, 7) is 3.23. The molecule has 0 aromatic carbocycles. The molecule has 1 N–H and O–H groups in total. The van der Waals surface area contributed by atoms with Crippen molar-refractivity contribution in [3.05, 3.63) is 22.7 Å². The summed E-state index contributed by atoms with van der Waals surface area (Å²) in [7, 11) is 3.56. The second-order valence-corrected chi connectivity index (χ2v) is 4.80. The van der Waals surface area contributed by atoms with Crippen LogP contribution in [0.25, 0.3) is 11.5 Å². The minimum absolute atomic E-state index is 0.423. The molecule has 0 radical (unpaired) electrons. The lowest BCUT2D eigenvalue weighted by Crippen LogP contribution is -2.07. The minimum Gasteiger partial charge on any atom is -0.378 e. The first-order chi connectivity index (χ1) is 9.17. The molecular formula is C12H16BrN5O. The van der Waals surface area contributed by atoms with E-state index in [1.54, 1.807) is 19.6 Å². The second-order valence-electron chi connectivity index (χ2n) is 4.01. The maximum Gasteiger partial charge on any atom is 0.180 e. The number of imidazole rings is 1. The highest BCUT2D eigenvalue weighted by atomic mass is 79.9. The van der Waals surface area contributed by atoms with E-state index in [2.05, 4.69) is 36.2 Å². The molecule has 0 aliphatic heterocycles. The molecule has 0 aliphatic carbocycles. The molecular weight excluding hydrogens is 310 g/mol. The van der Waals surface area contributed by atoms with E-state index in [-0.39, 0.29) is 0 Å². The Balaban J connectivity index is 2.52. The number of nitrogens with zero attached hydrogens (tertiary/aromatic N) is 4. The van der Waals surface area contributed by atoms with E-state index in [1.807, 2.05) is 18.5 Å². The summed E-state index contributed by atoms with van der Waals surface area (Å²) in [6.07, 6.45) is 3.47. The van der Waals surface area contributed by atoms with E-state index in [4.69, 9.17) is 4.74 Å². The highest BCUT2D eigenvalue weighted by molar-refractivity contribution is 9.10. The molecule has 2 aromatic rings. The van der Waals surface area contributed by atoms with Crippen molar-refractivity contribution in [3.63, 3.8) is 0 Å². The molecule has 19 heavy (non-hydrogen) atoms. The zero-order valence-electron chi connectivity index (χ0n) is 11.1. The van der Waals surface area contributed by atoms with E-state index in [0.29, 0.717) is 12.4 Å². The van der Waals surface area contributed by atoms with Crippen molar-refractivity contribution in [2.75, 3.05) is 19.0 Å². The average Bonchev–Trinajstić information content (AvgIpc) is 2.81. The van der Waals surface area contributed by atoms with Crippen molar-refractivity contribution in [2.24, 2.45) is 7.05 Å². The van der Waals surface area contributed by atoms with E-state index < -0.39 is 0 Å². The van der Waals surface area contributed by atoms with Gasteiger partial charge in [0.15, 0.2) is 5.82 Å². The number of ether oxygens (including phenoxy) is 1. The van der Waals surface area contributed by atoms with Gasteiger partial charge in [0.05, 0.1) is 29.3 Å². The zero-order valence-corrected chi connectivity index (χ0v) is 12.7. The second kappa shape index (κ2) is 6.12. The predicted molar refractivity (Wildman–Crippen MR) is 76.8 cm³/mol. The Bertz CT molecular complexity index is 542. The number of aromatic nitrogens is 4. The fourth-order valence-corrected chi connectivity index (χ4v) is 2.13. The van der Waals surface area contributed by atoms with Gasteiger partial charge in [0.1, 0.15) is 11.5 Å². The Hall–Kier alpha value is -1.47. The highest BCUT2D eigenvalue weighted by Crippen LogP contribution is 2.27. The molecule has 102 valence electrons. The quantitative estimate of drug-likeness (QED) is 0.913. The first-order valence-corrected chi connectivity index (χ1v) is 6.72. The number of halogens is 1. The Morgan fingerprint density at radius 2 is 2.21 bits per heavy atom. The van der Waals surface area contributed by atoms with Gasteiger partial charge in [-0.25, -0.2) is 15.0 Å². The normalized spacial score (nSPS) is 10.7. The molecule has 2 rings (SSSR count). The number of aryl methyl sites for hydroxylation is 1. The van der Waals surface area contributed by atoms with Gasteiger partial charge in [-0.1, -0.05) is 0 Å². The van der Waals surface area contributed by atoms with Crippen LogP contribution in [-0.2, 0) is 18.4 Å². The highest BCUT2D eigenvalue weighted by Gasteiger charge is 2.14. The van der Waals surface area contributed by atoms with Gasteiger partial charge in [-0.3, -0.25) is 0 Å². The predicted octanol–water partition coefficient (Wildman–Crippen LogP) is 2.22. The number of methoxy groups -OCH3 is 1. The Kier molecular flexibility index (Phi) is 4.49. The first kappa shape index (κ1) is 14.0. The molecule has 7 heteroatoms. The summed E-state index contributed by atoms with van der Waals surface area (Å²) in [5.41, 5.74) is 1.67. The van der Waals surface area contributed by atoms with Crippen molar-refractivity contribution in [1.82, 2.24) is 19.5 Å². The molecule has 0 fully saturated rings. The molecule has 0 atom stereocenters. The zero-order chi connectivity index (χ0) is 13.8. The molecule has 0 unspecified atom stereocenters. The minimum atomic E-state index is 0.423. The smallest absolute Gasteiger partial charge is 0.180 e. The van der Waals surface area contributed by atoms with Crippen LogP contribution in [0.15, 0.2) is 17.0 Å². The maximum absolute atomic E-state index is 5.17. The van der Waals surface area contributed by atoms with Crippen LogP contribution in [0.4, 0.5) is 5.82 Å². The summed E-state index contributed by atoms with van der Waals surface area (Å²) >= 11 is 3.51. The van der Waals surface area contributed by atoms with Crippen LogP contribution in [0.1, 0.15) is 12.6 Å². The topological polar surface area (TPSA) is 64.9 Å². The van der Waals surface area contributed by atoms with Crippen LogP contribution in [0.2, 0.25) is 0 Å². The van der Waals surface area contributed by atoms with E-state index in [0.717, 1.165) is 28.2 Å². The van der Waals surface area contributed by atoms with E-state index in [9.17, 15) is 0 Å². The molecule has 0 bridgehead atoms. The Morgan fingerprint density at radius 3 is 2.79 bits per heavy atom.